The average Bonchev–Trinajstić information content (AvgIpc) is 3.08. The first-order valence-electron chi connectivity index (χ1n) is 7.00. The fraction of sp³-hybridized carbons (Fsp3) is 0.538. The molecule has 1 aliphatic rings. The predicted octanol–water partition coefficient (Wildman–Crippen LogP) is 0.286. The van der Waals surface area contributed by atoms with Gasteiger partial charge in [-0.15, -0.1) is 5.10 Å². The number of H-pyrrole nitrogens is 1. The van der Waals surface area contributed by atoms with E-state index in [-0.39, 0.29) is 5.56 Å². The lowest BCUT2D eigenvalue weighted by Crippen LogP contribution is -2.16. The maximum atomic E-state index is 11.3. The Kier molecular flexibility index (Phi) is 3.96. The average molecular weight is 290 g/mol. The summed E-state index contributed by atoms with van der Waals surface area (Å²) in [6, 6.07) is 1.46. The number of nitrogens with zero attached hydrogens (tertiary/aromatic N) is 4. The van der Waals surface area contributed by atoms with Crippen LogP contribution in [0.1, 0.15) is 23.7 Å². The van der Waals surface area contributed by atoms with Crippen molar-refractivity contribution in [1.29, 1.82) is 0 Å². The van der Waals surface area contributed by atoms with Gasteiger partial charge in [0.25, 0.3) is 5.56 Å². The van der Waals surface area contributed by atoms with Crippen LogP contribution in [0.2, 0.25) is 0 Å². The second kappa shape index (κ2) is 6.04. The Morgan fingerprint density at radius 1 is 1.57 bits per heavy atom. The molecule has 0 aliphatic carbocycles. The topological polar surface area (TPSA) is 97.7 Å². The van der Waals surface area contributed by atoms with Crippen molar-refractivity contribution in [3.8, 4) is 0 Å². The Hall–Kier alpha value is -2.22. The molecule has 0 saturated carbocycles. The highest BCUT2D eigenvalue weighted by Crippen LogP contribution is 2.22. The van der Waals surface area contributed by atoms with E-state index in [9.17, 15) is 4.79 Å². The molecule has 1 aliphatic heterocycles. The molecule has 0 unspecified atom stereocenters. The van der Waals surface area contributed by atoms with Gasteiger partial charge in [0.05, 0.1) is 18.8 Å². The van der Waals surface area contributed by atoms with Gasteiger partial charge in [0, 0.05) is 37.0 Å². The first-order valence-corrected chi connectivity index (χ1v) is 7.00. The second-order valence-electron chi connectivity index (χ2n) is 5.13. The second-order valence-corrected chi connectivity index (χ2v) is 5.13. The summed E-state index contributed by atoms with van der Waals surface area (Å²) in [5, 5.41) is 11.4. The highest BCUT2D eigenvalue weighted by atomic mass is 16.5. The van der Waals surface area contributed by atoms with Crippen LogP contribution in [0.15, 0.2) is 17.1 Å². The van der Waals surface area contributed by atoms with Gasteiger partial charge in [0.2, 0.25) is 5.95 Å². The third kappa shape index (κ3) is 3.46. The van der Waals surface area contributed by atoms with Crippen molar-refractivity contribution in [2.24, 2.45) is 0 Å². The smallest absolute Gasteiger partial charge is 0.252 e. The number of ether oxygens (including phenoxy) is 1. The van der Waals surface area contributed by atoms with E-state index < -0.39 is 0 Å². The van der Waals surface area contributed by atoms with E-state index in [1.807, 2.05) is 6.20 Å². The van der Waals surface area contributed by atoms with Crippen LogP contribution in [-0.4, -0.2) is 44.7 Å². The van der Waals surface area contributed by atoms with Crippen LogP contribution in [0.5, 0.6) is 0 Å². The van der Waals surface area contributed by atoms with Gasteiger partial charge in [-0.25, -0.2) is 4.98 Å². The number of hydrogen-bond donors (Lipinski definition) is 2. The fourth-order valence-corrected chi connectivity index (χ4v) is 2.33. The largest absolute Gasteiger partial charge is 0.381 e. The molecular weight excluding hydrogens is 272 g/mol. The summed E-state index contributed by atoms with van der Waals surface area (Å²) in [7, 11) is 0. The van der Waals surface area contributed by atoms with Crippen molar-refractivity contribution in [3.05, 3.63) is 34.0 Å². The first-order chi connectivity index (χ1) is 10.2. The molecule has 2 aromatic heterocycles. The molecule has 3 heterocycles. The van der Waals surface area contributed by atoms with Gasteiger partial charge in [-0.3, -0.25) is 14.5 Å². The summed E-state index contributed by atoms with van der Waals surface area (Å²) in [4.78, 5) is 18.2. The minimum Gasteiger partial charge on any atom is -0.381 e. The molecule has 0 spiro atoms. The van der Waals surface area contributed by atoms with Gasteiger partial charge in [0.15, 0.2) is 0 Å². The van der Waals surface area contributed by atoms with Crippen LogP contribution in [0.3, 0.4) is 0 Å². The van der Waals surface area contributed by atoms with Crippen molar-refractivity contribution < 1.29 is 4.74 Å². The van der Waals surface area contributed by atoms with Crippen LogP contribution in [0.25, 0.3) is 0 Å². The monoisotopic (exact) mass is 290 g/mol. The molecule has 0 radical (unpaired) electrons. The number of aromatic nitrogens is 5. The predicted molar refractivity (Wildman–Crippen MR) is 76.3 cm³/mol. The standard InChI is InChI=1S/C13H18N6O2/c1-9-6-12(20)16-13(15-9)14-3-4-19-7-11(17-18-19)10-2-5-21-8-10/h6-7,10H,2-5,8H2,1H3,(H2,14,15,16,20)/t10-/m1/s1. The lowest BCUT2D eigenvalue weighted by molar-refractivity contribution is 0.193. The van der Waals surface area contributed by atoms with E-state index in [2.05, 4.69) is 25.6 Å². The van der Waals surface area contributed by atoms with E-state index in [0.29, 0.717) is 30.6 Å². The summed E-state index contributed by atoms with van der Waals surface area (Å²) in [5.74, 6) is 0.839. The SMILES string of the molecule is Cc1cc(=O)[nH]c(NCCn2cc([C@@H]3CCOC3)nn2)n1. The molecule has 2 aromatic rings. The number of anilines is 1. The Labute approximate surface area is 121 Å². The van der Waals surface area contributed by atoms with Gasteiger partial charge < -0.3 is 10.1 Å². The minimum atomic E-state index is -0.158. The maximum Gasteiger partial charge on any atom is 0.252 e. The summed E-state index contributed by atoms with van der Waals surface area (Å²) in [6.45, 7) is 4.57. The van der Waals surface area contributed by atoms with Gasteiger partial charge in [-0.1, -0.05) is 5.21 Å². The molecule has 0 aromatic carbocycles. The molecular formula is C13H18N6O2. The van der Waals surface area contributed by atoms with E-state index in [1.165, 1.54) is 6.07 Å². The number of nitrogens with one attached hydrogen (secondary N) is 2. The summed E-state index contributed by atoms with van der Waals surface area (Å²) < 4.78 is 7.14. The van der Waals surface area contributed by atoms with Gasteiger partial charge in [0.1, 0.15) is 0 Å². The van der Waals surface area contributed by atoms with Gasteiger partial charge in [-0.2, -0.15) is 0 Å². The van der Waals surface area contributed by atoms with E-state index in [4.69, 9.17) is 4.74 Å². The van der Waals surface area contributed by atoms with Gasteiger partial charge >= 0.3 is 0 Å². The Morgan fingerprint density at radius 3 is 3.24 bits per heavy atom. The maximum absolute atomic E-state index is 11.3. The lowest BCUT2D eigenvalue weighted by Gasteiger charge is -2.05. The van der Waals surface area contributed by atoms with Crippen LogP contribution < -0.4 is 10.9 Å². The zero-order valence-corrected chi connectivity index (χ0v) is 11.9. The number of aryl methyl sites for hydroxylation is 1. The van der Waals surface area contributed by atoms with E-state index in [1.54, 1.807) is 11.6 Å². The third-order valence-corrected chi connectivity index (χ3v) is 3.41. The summed E-state index contributed by atoms with van der Waals surface area (Å²) >= 11 is 0. The molecule has 0 bridgehead atoms. The van der Waals surface area contributed by atoms with Crippen LogP contribution in [0, 0.1) is 6.92 Å². The van der Waals surface area contributed by atoms with Crippen molar-refractivity contribution in [1.82, 2.24) is 25.0 Å². The number of aromatic amines is 1. The highest BCUT2D eigenvalue weighted by Gasteiger charge is 2.20. The molecule has 21 heavy (non-hydrogen) atoms. The summed E-state index contributed by atoms with van der Waals surface area (Å²) in [6.07, 6.45) is 2.96. The highest BCUT2D eigenvalue weighted by molar-refractivity contribution is 5.24. The van der Waals surface area contributed by atoms with Crippen LogP contribution in [-0.2, 0) is 11.3 Å². The Balaban J connectivity index is 1.54. The molecule has 8 nitrogen and oxygen atoms in total. The molecule has 3 rings (SSSR count). The summed E-state index contributed by atoms with van der Waals surface area (Å²) in [5.41, 5.74) is 1.51. The van der Waals surface area contributed by atoms with Gasteiger partial charge in [-0.05, 0) is 13.3 Å². The Bertz CT molecular complexity index is 659. The molecule has 0 amide bonds. The molecule has 1 saturated heterocycles. The van der Waals surface area contributed by atoms with Crippen molar-refractivity contribution in [2.75, 3.05) is 25.1 Å². The molecule has 112 valence electrons. The molecule has 2 N–H and O–H groups in total. The van der Waals surface area contributed by atoms with E-state index in [0.717, 1.165) is 25.3 Å². The minimum absolute atomic E-state index is 0.158. The molecule has 1 fully saturated rings. The zero-order chi connectivity index (χ0) is 14.7. The van der Waals surface area contributed by atoms with E-state index >= 15 is 0 Å². The fourth-order valence-electron chi connectivity index (χ4n) is 2.33. The normalized spacial score (nSPS) is 18.0. The quantitative estimate of drug-likeness (QED) is 0.821. The Morgan fingerprint density at radius 2 is 2.48 bits per heavy atom. The number of hydrogen-bond acceptors (Lipinski definition) is 6. The van der Waals surface area contributed by atoms with Crippen molar-refractivity contribution >= 4 is 5.95 Å². The molecule has 8 heteroatoms. The third-order valence-electron chi connectivity index (χ3n) is 3.41. The zero-order valence-electron chi connectivity index (χ0n) is 11.9. The van der Waals surface area contributed by atoms with Crippen LogP contribution >= 0.6 is 0 Å². The van der Waals surface area contributed by atoms with Crippen LogP contribution in [0.4, 0.5) is 5.95 Å². The lowest BCUT2D eigenvalue weighted by atomic mass is 10.1. The molecule has 1 atom stereocenters. The van der Waals surface area contributed by atoms with Crippen molar-refractivity contribution in [2.45, 2.75) is 25.8 Å². The first kappa shape index (κ1) is 13.7. The number of rotatable bonds is 5. The van der Waals surface area contributed by atoms with Crippen molar-refractivity contribution in [3.63, 3.8) is 0 Å².